The summed E-state index contributed by atoms with van der Waals surface area (Å²) in [5.41, 5.74) is 0.714. The van der Waals surface area contributed by atoms with E-state index in [4.69, 9.17) is 4.74 Å². The van der Waals surface area contributed by atoms with E-state index in [1.54, 1.807) is 24.3 Å². The van der Waals surface area contributed by atoms with Crippen LogP contribution < -0.4 is 10.0 Å². The van der Waals surface area contributed by atoms with Gasteiger partial charge in [-0.1, -0.05) is 30.3 Å². The molecule has 27 heavy (non-hydrogen) atoms. The molecule has 0 bridgehead atoms. The molecule has 1 aliphatic heterocycles. The fraction of sp³-hybridized carbons (Fsp3) is 0.632. The van der Waals surface area contributed by atoms with Crippen LogP contribution in [0.2, 0.25) is 0 Å². The van der Waals surface area contributed by atoms with Crippen LogP contribution in [0.3, 0.4) is 0 Å². The van der Waals surface area contributed by atoms with E-state index in [-0.39, 0.29) is 30.3 Å². The number of carbonyl (C=O) groups excluding carboxylic acids is 1. The van der Waals surface area contributed by atoms with Gasteiger partial charge in [-0.05, 0) is 37.7 Å². The van der Waals surface area contributed by atoms with Crippen molar-refractivity contribution in [3.8, 4) is 0 Å². The number of aliphatic hydroxyl groups excluding tert-OH is 1. The number of benzene rings is 1. The molecular weight excluding hydrogens is 368 g/mol. The van der Waals surface area contributed by atoms with Crippen LogP contribution in [-0.2, 0) is 25.3 Å². The Balaban J connectivity index is 1.46. The number of carbonyl (C=O) groups is 1. The quantitative estimate of drug-likeness (QED) is 0.576. The third-order valence-corrected chi connectivity index (χ3v) is 6.41. The molecule has 150 valence electrons. The monoisotopic (exact) mass is 396 g/mol. The summed E-state index contributed by atoms with van der Waals surface area (Å²) in [6.07, 6.45) is 3.24. The minimum Gasteiger partial charge on any atom is -0.394 e. The number of hydrogen-bond acceptors (Lipinski definition) is 5. The number of ether oxygens (including phenoxy) is 1. The fourth-order valence-corrected chi connectivity index (χ4v) is 4.84. The highest BCUT2D eigenvalue weighted by Gasteiger charge is 2.34. The second-order valence-electron chi connectivity index (χ2n) is 7.38. The van der Waals surface area contributed by atoms with Gasteiger partial charge in [0, 0.05) is 12.5 Å². The van der Waals surface area contributed by atoms with Crippen LogP contribution >= 0.6 is 0 Å². The number of rotatable bonds is 9. The van der Waals surface area contributed by atoms with Crippen molar-refractivity contribution in [1.29, 1.82) is 0 Å². The number of hydrogen-bond donors (Lipinski definition) is 3. The first-order valence-corrected chi connectivity index (χ1v) is 11.2. The smallest absolute Gasteiger partial charge is 0.223 e. The lowest BCUT2D eigenvalue weighted by atomic mass is 9.98. The molecule has 0 spiro atoms. The first-order chi connectivity index (χ1) is 13.0. The molecule has 3 atom stereocenters. The van der Waals surface area contributed by atoms with Crippen molar-refractivity contribution >= 4 is 15.9 Å². The molecule has 1 saturated heterocycles. The van der Waals surface area contributed by atoms with Crippen molar-refractivity contribution in [2.45, 2.75) is 56.1 Å². The molecule has 2 aliphatic rings. The van der Waals surface area contributed by atoms with E-state index >= 15 is 0 Å². The van der Waals surface area contributed by atoms with Gasteiger partial charge >= 0.3 is 0 Å². The third-order valence-electron chi connectivity index (χ3n) is 5.04. The van der Waals surface area contributed by atoms with Gasteiger partial charge in [0.05, 0.1) is 30.6 Å². The van der Waals surface area contributed by atoms with Crippen molar-refractivity contribution in [2.75, 3.05) is 13.2 Å². The van der Waals surface area contributed by atoms with Gasteiger partial charge in [0.15, 0.2) is 0 Å². The van der Waals surface area contributed by atoms with Crippen LogP contribution in [-0.4, -0.2) is 50.8 Å². The molecule has 3 rings (SSSR count). The normalized spacial score (nSPS) is 25.9. The Hall–Kier alpha value is -1.48. The Labute approximate surface area is 160 Å². The summed E-state index contributed by atoms with van der Waals surface area (Å²) < 4.78 is 33.4. The highest BCUT2D eigenvalue weighted by molar-refractivity contribution is 7.88. The Morgan fingerprint density at radius 3 is 2.56 bits per heavy atom. The first kappa shape index (κ1) is 20.3. The third kappa shape index (κ3) is 6.27. The van der Waals surface area contributed by atoms with E-state index in [9.17, 15) is 18.3 Å². The molecule has 1 aliphatic carbocycles. The highest BCUT2D eigenvalue weighted by atomic mass is 32.2. The Bertz CT molecular complexity index is 721. The standard InChI is InChI=1S/C19H28N2O5S/c22-12-18-17(21-27(24,25)13-14-4-2-1-3-5-14)9-8-16(26-18)10-11-20-19(23)15-6-7-15/h1-5,15-18,21-22H,6-13H2,(H,20,23)/t16-,17-,18-/m0/s1. The van der Waals surface area contributed by atoms with Gasteiger partial charge in [0.25, 0.3) is 0 Å². The van der Waals surface area contributed by atoms with Gasteiger partial charge in [-0.3, -0.25) is 4.79 Å². The molecule has 1 heterocycles. The lowest BCUT2D eigenvalue weighted by Crippen LogP contribution is -2.51. The van der Waals surface area contributed by atoms with E-state index < -0.39 is 22.2 Å². The van der Waals surface area contributed by atoms with E-state index in [2.05, 4.69) is 10.0 Å². The topological polar surface area (TPSA) is 105 Å². The first-order valence-electron chi connectivity index (χ1n) is 9.55. The number of aliphatic hydroxyl groups is 1. The van der Waals surface area contributed by atoms with Gasteiger partial charge in [0.2, 0.25) is 15.9 Å². The predicted molar refractivity (Wildman–Crippen MR) is 101 cm³/mol. The fourth-order valence-electron chi connectivity index (χ4n) is 3.39. The lowest BCUT2D eigenvalue weighted by Gasteiger charge is -2.36. The van der Waals surface area contributed by atoms with E-state index in [0.717, 1.165) is 12.8 Å². The molecule has 1 aromatic carbocycles. The number of sulfonamides is 1. The van der Waals surface area contributed by atoms with Crippen molar-refractivity contribution in [1.82, 2.24) is 10.0 Å². The SMILES string of the molecule is O=C(NCC[C@@H]1CC[C@H](NS(=O)(=O)Cc2ccccc2)[C@H](CO)O1)C1CC1. The molecule has 0 unspecified atom stereocenters. The average Bonchev–Trinajstić information content (AvgIpc) is 3.48. The summed E-state index contributed by atoms with van der Waals surface area (Å²) >= 11 is 0. The van der Waals surface area contributed by atoms with Gasteiger partial charge in [-0.2, -0.15) is 0 Å². The van der Waals surface area contributed by atoms with Crippen LogP contribution in [0.5, 0.6) is 0 Å². The molecule has 2 fully saturated rings. The molecule has 1 amide bonds. The average molecular weight is 397 g/mol. The summed E-state index contributed by atoms with van der Waals surface area (Å²) in [7, 11) is -3.52. The maximum Gasteiger partial charge on any atom is 0.223 e. The zero-order valence-electron chi connectivity index (χ0n) is 15.3. The maximum atomic E-state index is 12.4. The minimum atomic E-state index is -3.52. The van der Waals surface area contributed by atoms with Crippen molar-refractivity contribution in [3.05, 3.63) is 35.9 Å². The lowest BCUT2D eigenvalue weighted by molar-refractivity contribution is -0.122. The molecule has 7 nitrogen and oxygen atoms in total. The maximum absolute atomic E-state index is 12.4. The summed E-state index contributed by atoms with van der Waals surface area (Å²) in [5.74, 6) is 0.195. The molecule has 0 aromatic heterocycles. The minimum absolute atomic E-state index is 0.0865. The van der Waals surface area contributed by atoms with Crippen LogP contribution in [0.1, 0.15) is 37.7 Å². The van der Waals surface area contributed by atoms with Gasteiger partial charge in [-0.15, -0.1) is 0 Å². The van der Waals surface area contributed by atoms with Gasteiger partial charge in [-0.25, -0.2) is 13.1 Å². The number of nitrogens with one attached hydrogen (secondary N) is 2. The number of amides is 1. The van der Waals surface area contributed by atoms with Crippen molar-refractivity contribution in [3.63, 3.8) is 0 Å². The van der Waals surface area contributed by atoms with E-state index in [0.29, 0.717) is 31.4 Å². The Morgan fingerprint density at radius 2 is 1.89 bits per heavy atom. The van der Waals surface area contributed by atoms with E-state index in [1.807, 2.05) is 6.07 Å². The summed E-state index contributed by atoms with van der Waals surface area (Å²) in [6, 6.07) is 8.54. The molecule has 3 N–H and O–H groups in total. The Morgan fingerprint density at radius 1 is 1.15 bits per heavy atom. The van der Waals surface area contributed by atoms with E-state index in [1.165, 1.54) is 0 Å². The molecule has 8 heteroatoms. The zero-order chi connectivity index (χ0) is 19.3. The summed E-state index contributed by atoms with van der Waals surface area (Å²) in [6.45, 7) is 0.298. The summed E-state index contributed by atoms with van der Waals surface area (Å²) in [4.78, 5) is 11.7. The van der Waals surface area contributed by atoms with Crippen molar-refractivity contribution in [2.24, 2.45) is 5.92 Å². The van der Waals surface area contributed by atoms with Crippen LogP contribution in [0, 0.1) is 5.92 Å². The molecular formula is C19H28N2O5S. The van der Waals surface area contributed by atoms with Gasteiger partial charge in [0.1, 0.15) is 0 Å². The molecule has 1 aromatic rings. The van der Waals surface area contributed by atoms with Crippen LogP contribution in [0.4, 0.5) is 0 Å². The summed E-state index contributed by atoms with van der Waals surface area (Å²) in [5, 5.41) is 12.5. The van der Waals surface area contributed by atoms with Crippen LogP contribution in [0.15, 0.2) is 30.3 Å². The predicted octanol–water partition coefficient (Wildman–Crippen LogP) is 0.931. The Kier molecular flexibility index (Phi) is 6.86. The second-order valence-corrected chi connectivity index (χ2v) is 9.13. The second kappa shape index (κ2) is 9.14. The van der Waals surface area contributed by atoms with Crippen molar-refractivity contribution < 1.29 is 23.1 Å². The van der Waals surface area contributed by atoms with Crippen LogP contribution in [0.25, 0.3) is 0 Å². The molecule has 1 saturated carbocycles. The molecule has 0 radical (unpaired) electrons. The zero-order valence-corrected chi connectivity index (χ0v) is 16.2. The highest BCUT2D eigenvalue weighted by Crippen LogP contribution is 2.29. The largest absolute Gasteiger partial charge is 0.394 e. The van der Waals surface area contributed by atoms with Gasteiger partial charge < -0.3 is 15.2 Å².